The molecule has 3 nitrogen and oxygen atoms in total. The van der Waals surface area contributed by atoms with Gasteiger partial charge in [-0.2, -0.15) is 0 Å². The van der Waals surface area contributed by atoms with E-state index in [-0.39, 0.29) is 10.3 Å². The number of nitrogens with zero attached hydrogens (tertiary/aromatic N) is 1. The molecule has 0 aliphatic rings. The lowest BCUT2D eigenvalue weighted by Crippen LogP contribution is -2.10. The third-order valence-corrected chi connectivity index (χ3v) is 3.62. The molecule has 0 unspecified atom stereocenters. The summed E-state index contributed by atoms with van der Waals surface area (Å²) in [5.74, 6) is -0.931. The maximum absolute atomic E-state index is 11.3. The van der Waals surface area contributed by atoms with Crippen LogP contribution in [0.5, 0.6) is 0 Å². The van der Waals surface area contributed by atoms with Gasteiger partial charge in [-0.15, -0.1) is 11.8 Å². The van der Waals surface area contributed by atoms with Crippen molar-refractivity contribution in [2.45, 2.75) is 30.4 Å². The van der Waals surface area contributed by atoms with Crippen LogP contribution in [0.25, 0.3) is 10.9 Å². The quantitative estimate of drug-likeness (QED) is 0.835. The van der Waals surface area contributed by atoms with Crippen LogP contribution in [0.1, 0.15) is 31.1 Å². The second-order valence-electron chi connectivity index (χ2n) is 5.04. The van der Waals surface area contributed by atoms with E-state index in [1.165, 1.54) is 6.20 Å². The van der Waals surface area contributed by atoms with E-state index in [0.29, 0.717) is 0 Å². The molecule has 18 heavy (non-hydrogen) atoms. The molecule has 0 amide bonds. The van der Waals surface area contributed by atoms with Gasteiger partial charge in [0.05, 0.1) is 11.1 Å². The number of benzene rings is 1. The van der Waals surface area contributed by atoms with Crippen molar-refractivity contribution in [1.29, 1.82) is 0 Å². The van der Waals surface area contributed by atoms with Gasteiger partial charge in [0.1, 0.15) is 0 Å². The third kappa shape index (κ3) is 2.64. The number of pyridine rings is 1. The second kappa shape index (κ2) is 4.61. The Bertz CT molecular complexity index is 602. The molecule has 0 bridgehead atoms. The van der Waals surface area contributed by atoms with Gasteiger partial charge in [-0.05, 0) is 6.07 Å². The highest BCUT2D eigenvalue weighted by molar-refractivity contribution is 8.00. The molecule has 0 fully saturated rings. The number of carboxylic acid groups (broad SMARTS) is 1. The number of para-hydroxylation sites is 1. The second-order valence-corrected chi connectivity index (χ2v) is 6.87. The van der Waals surface area contributed by atoms with Crippen LogP contribution in [0.3, 0.4) is 0 Å². The number of aromatic nitrogens is 1. The lowest BCUT2D eigenvalue weighted by atomic mass is 10.1. The van der Waals surface area contributed by atoms with Crippen LogP contribution < -0.4 is 0 Å². The molecule has 0 aliphatic carbocycles. The Hall–Kier alpha value is -1.55. The molecule has 0 saturated carbocycles. The molecular formula is C14H15NO2S. The average molecular weight is 261 g/mol. The van der Waals surface area contributed by atoms with E-state index < -0.39 is 5.97 Å². The molecule has 2 aromatic rings. The number of aromatic carboxylic acids is 1. The summed E-state index contributed by atoms with van der Waals surface area (Å²) < 4.78 is -0.0473. The van der Waals surface area contributed by atoms with Gasteiger partial charge in [0.2, 0.25) is 0 Å². The molecule has 1 aromatic carbocycles. The Balaban J connectivity index is 2.70. The van der Waals surface area contributed by atoms with Crippen LogP contribution >= 0.6 is 11.8 Å². The molecular weight excluding hydrogens is 246 g/mol. The van der Waals surface area contributed by atoms with E-state index in [1.807, 2.05) is 24.3 Å². The highest BCUT2D eigenvalue weighted by Gasteiger charge is 2.20. The van der Waals surface area contributed by atoms with Crippen molar-refractivity contribution in [2.75, 3.05) is 0 Å². The van der Waals surface area contributed by atoms with Gasteiger partial charge in [0.25, 0.3) is 0 Å². The largest absolute Gasteiger partial charge is 0.478 e. The Morgan fingerprint density at radius 3 is 2.56 bits per heavy atom. The normalized spacial score (nSPS) is 11.7. The third-order valence-electron chi connectivity index (χ3n) is 2.36. The fraction of sp³-hybridized carbons (Fsp3) is 0.286. The number of thioether (sulfide) groups is 1. The summed E-state index contributed by atoms with van der Waals surface area (Å²) in [6, 6.07) is 7.63. The van der Waals surface area contributed by atoms with Crippen LogP contribution in [0, 0.1) is 0 Å². The number of fused-ring (bicyclic) bond motifs is 1. The summed E-state index contributed by atoms with van der Waals surface area (Å²) in [5.41, 5.74) is 1.10. The fourth-order valence-electron chi connectivity index (χ4n) is 1.68. The van der Waals surface area contributed by atoms with Gasteiger partial charge >= 0.3 is 5.97 Å². The van der Waals surface area contributed by atoms with Gasteiger partial charge in [0, 0.05) is 21.2 Å². The van der Waals surface area contributed by atoms with Crippen molar-refractivity contribution in [2.24, 2.45) is 0 Å². The lowest BCUT2D eigenvalue weighted by molar-refractivity contribution is 0.0693. The van der Waals surface area contributed by atoms with Crippen LogP contribution in [0.2, 0.25) is 0 Å². The first kappa shape index (κ1) is 12.9. The predicted octanol–water partition coefficient (Wildman–Crippen LogP) is 3.82. The zero-order valence-electron chi connectivity index (χ0n) is 10.6. The highest BCUT2D eigenvalue weighted by atomic mass is 32.2. The van der Waals surface area contributed by atoms with Crippen molar-refractivity contribution in [3.8, 4) is 0 Å². The van der Waals surface area contributed by atoms with E-state index in [9.17, 15) is 9.90 Å². The van der Waals surface area contributed by atoms with Gasteiger partial charge in [0.15, 0.2) is 0 Å². The molecule has 1 N–H and O–H groups in total. The maximum Gasteiger partial charge on any atom is 0.338 e. The molecule has 0 saturated heterocycles. The lowest BCUT2D eigenvalue weighted by Gasteiger charge is -2.20. The highest BCUT2D eigenvalue weighted by Crippen LogP contribution is 2.38. The summed E-state index contributed by atoms with van der Waals surface area (Å²) in [7, 11) is 0. The average Bonchev–Trinajstić information content (AvgIpc) is 2.27. The predicted molar refractivity (Wildman–Crippen MR) is 74.3 cm³/mol. The minimum Gasteiger partial charge on any atom is -0.478 e. The zero-order valence-corrected chi connectivity index (χ0v) is 11.4. The van der Waals surface area contributed by atoms with Crippen molar-refractivity contribution in [1.82, 2.24) is 4.98 Å². The zero-order chi connectivity index (χ0) is 13.3. The molecule has 0 radical (unpaired) electrons. The summed E-state index contributed by atoms with van der Waals surface area (Å²) >= 11 is 1.56. The maximum atomic E-state index is 11.3. The number of hydrogen-bond acceptors (Lipinski definition) is 3. The summed E-state index contributed by atoms with van der Waals surface area (Å²) in [6.07, 6.45) is 1.44. The topological polar surface area (TPSA) is 50.2 Å². The van der Waals surface area contributed by atoms with E-state index in [1.54, 1.807) is 11.8 Å². The Labute approximate surface area is 110 Å². The first-order valence-electron chi connectivity index (χ1n) is 5.68. The molecule has 0 atom stereocenters. The summed E-state index contributed by atoms with van der Waals surface area (Å²) in [6.45, 7) is 6.20. The number of carboxylic acids is 1. The van der Waals surface area contributed by atoms with E-state index in [2.05, 4.69) is 25.8 Å². The number of hydrogen-bond donors (Lipinski definition) is 1. The number of carbonyl (C=O) groups is 1. The molecule has 4 heteroatoms. The molecule has 0 spiro atoms. The van der Waals surface area contributed by atoms with Crippen molar-refractivity contribution in [3.05, 3.63) is 36.0 Å². The summed E-state index contributed by atoms with van der Waals surface area (Å²) in [4.78, 5) is 16.3. The molecule has 2 rings (SSSR count). The Kier molecular flexibility index (Phi) is 3.30. The van der Waals surface area contributed by atoms with Gasteiger partial charge in [-0.25, -0.2) is 4.79 Å². The van der Waals surface area contributed by atoms with Gasteiger partial charge in [-0.1, -0.05) is 39.0 Å². The monoisotopic (exact) mass is 261 g/mol. The van der Waals surface area contributed by atoms with Crippen molar-refractivity contribution < 1.29 is 9.90 Å². The minimum absolute atomic E-state index is 0.0473. The van der Waals surface area contributed by atoms with E-state index in [4.69, 9.17) is 0 Å². The first-order chi connectivity index (χ1) is 8.38. The summed E-state index contributed by atoms with van der Waals surface area (Å²) in [5, 5.41) is 10.2. The van der Waals surface area contributed by atoms with Crippen molar-refractivity contribution in [3.63, 3.8) is 0 Å². The van der Waals surface area contributed by atoms with Crippen LogP contribution in [0.15, 0.2) is 35.4 Å². The van der Waals surface area contributed by atoms with Gasteiger partial charge in [-0.3, -0.25) is 4.98 Å². The van der Waals surface area contributed by atoms with Crippen LogP contribution in [0.4, 0.5) is 0 Å². The van der Waals surface area contributed by atoms with Crippen molar-refractivity contribution >= 4 is 28.6 Å². The Morgan fingerprint density at radius 2 is 1.94 bits per heavy atom. The number of rotatable bonds is 2. The van der Waals surface area contributed by atoms with Gasteiger partial charge < -0.3 is 5.11 Å². The molecule has 1 heterocycles. The van der Waals surface area contributed by atoms with Crippen LogP contribution in [-0.2, 0) is 0 Å². The molecule has 1 aromatic heterocycles. The first-order valence-corrected chi connectivity index (χ1v) is 6.50. The smallest absolute Gasteiger partial charge is 0.338 e. The van der Waals surface area contributed by atoms with Crippen LogP contribution in [-0.4, -0.2) is 20.8 Å². The SMILES string of the molecule is CC(C)(C)Sc1c(C(=O)O)cnc2ccccc12. The minimum atomic E-state index is -0.931. The standard InChI is InChI=1S/C14H15NO2S/c1-14(2,3)18-12-9-6-4-5-7-11(9)15-8-10(12)13(16)17/h4-8H,1-3H3,(H,16,17). The Morgan fingerprint density at radius 1 is 1.28 bits per heavy atom. The fourth-order valence-corrected chi connectivity index (χ4v) is 2.83. The van der Waals surface area contributed by atoms with E-state index >= 15 is 0 Å². The molecule has 94 valence electrons. The van der Waals surface area contributed by atoms with E-state index in [0.717, 1.165) is 15.8 Å². The molecule has 0 aliphatic heterocycles.